The summed E-state index contributed by atoms with van der Waals surface area (Å²) >= 11 is 0. The molecule has 0 aliphatic carbocycles. The van der Waals surface area contributed by atoms with Gasteiger partial charge in [0, 0.05) is 54.2 Å². The van der Waals surface area contributed by atoms with Crippen molar-refractivity contribution in [1.82, 2.24) is 15.0 Å². The highest BCUT2D eigenvalue weighted by Gasteiger charge is 2.15. The van der Waals surface area contributed by atoms with Crippen LogP contribution in [0.2, 0.25) is 0 Å². The highest BCUT2D eigenvalue weighted by atomic mass is 16.1. The van der Waals surface area contributed by atoms with Gasteiger partial charge in [0.25, 0.3) is 5.91 Å². The van der Waals surface area contributed by atoms with E-state index >= 15 is 0 Å². The summed E-state index contributed by atoms with van der Waals surface area (Å²) in [6, 6.07) is 12.9. The van der Waals surface area contributed by atoms with E-state index in [9.17, 15) is 4.79 Å². The SMILES string of the molecule is Cc1cc(N2CCCC2)nc(Nc2ccc(NC(=O)c3ccncc3)cc2)n1. The van der Waals surface area contributed by atoms with E-state index in [0.717, 1.165) is 36.0 Å². The van der Waals surface area contributed by atoms with Gasteiger partial charge in [-0.1, -0.05) is 0 Å². The van der Waals surface area contributed by atoms with Gasteiger partial charge in [-0.15, -0.1) is 0 Å². The Morgan fingerprint density at radius 3 is 2.36 bits per heavy atom. The Bertz CT molecular complexity index is 952. The molecule has 28 heavy (non-hydrogen) atoms. The first kappa shape index (κ1) is 17.9. The molecule has 142 valence electrons. The second-order valence-corrected chi connectivity index (χ2v) is 6.78. The standard InChI is InChI=1S/C21H22N6O/c1-15-14-19(27-12-2-3-13-27)26-21(23-15)25-18-6-4-17(5-7-18)24-20(28)16-8-10-22-11-9-16/h4-11,14H,2-3,12-13H2,1H3,(H,24,28)(H,23,25,26). The van der Waals surface area contributed by atoms with Crippen LogP contribution in [-0.2, 0) is 0 Å². The van der Waals surface area contributed by atoms with Crippen molar-refractivity contribution in [3.8, 4) is 0 Å². The Kier molecular flexibility index (Phi) is 5.14. The lowest BCUT2D eigenvalue weighted by Crippen LogP contribution is -2.19. The largest absolute Gasteiger partial charge is 0.356 e. The van der Waals surface area contributed by atoms with Crippen molar-refractivity contribution in [2.45, 2.75) is 19.8 Å². The molecule has 7 nitrogen and oxygen atoms in total. The third kappa shape index (κ3) is 4.25. The Morgan fingerprint density at radius 2 is 1.64 bits per heavy atom. The maximum atomic E-state index is 12.2. The average molecular weight is 374 g/mol. The summed E-state index contributed by atoms with van der Waals surface area (Å²) in [7, 11) is 0. The van der Waals surface area contributed by atoms with E-state index in [1.807, 2.05) is 37.3 Å². The highest BCUT2D eigenvalue weighted by molar-refractivity contribution is 6.04. The molecule has 0 unspecified atom stereocenters. The van der Waals surface area contributed by atoms with Crippen LogP contribution in [0.4, 0.5) is 23.1 Å². The third-order valence-electron chi connectivity index (χ3n) is 4.61. The monoisotopic (exact) mass is 374 g/mol. The Hall–Kier alpha value is -3.48. The van der Waals surface area contributed by atoms with Gasteiger partial charge in [-0.2, -0.15) is 4.98 Å². The number of anilines is 4. The van der Waals surface area contributed by atoms with Crippen molar-refractivity contribution in [3.63, 3.8) is 0 Å². The second kappa shape index (κ2) is 8.04. The number of aromatic nitrogens is 3. The Balaban J connectivity index is 1.44. The maximum absolute atomic E-state index is 12.2. The van der Waals surface area contributed by atoms with Crippen molar-refractivity contribution in [2.75, 3.05) is 28.6 Å². The molecule has 4 rings (SSSR count). The number of aryl methyl sites for hydroxylation is 1. The first-order valence-corrected chi connectivity index (χ1v) is 9.36. The zero-order valence-electron chi connectivity index (χ0n) is 15.7. The number of amides is 1. The minimum absolute atomic E-state index is 0.166. The number of hydrogen-bond donors (Lipinski definition) is 2. The van der Waals surface area contributed by atoms with Crippen LogP contribution < -0.4 is 15.5 Å². The fraction of sp³-hybridized carbons (Fsp3) is 0.238. The van der Waals surface area contributed by atoms with E-state index < -0.39 is 0 Å². The van der Waals surface area contributed by atoms with E-state index in [2.05, 4.69) is 30.5 Å². The normalized spacial score (nSPS) is 13.4. The number of carbonyl (C=O) groups is 1. The van der Waals surface area contributed by atoms with Crippen LogP contribution in [0.5, 0.6) is 0 Å². The molecule has 1 fully saturated rings. The smallest absolute Gasteiger partial charge is 0.255 e. The molecule has 0 radical (unpaired) electrons. The van der Waals surface area contributed by atoms with Crippen LogP contribution >= 0.6 is 0 Å². The summed E-state index contributed by atoms with van der Waals surface area (Å²) in [4.78, 5) is 27.6. The molecule has 3 heterocycles. The number of nitrogens with one attached hydrogen (secondary N) is 2. The summed E-state index contributed by atoms with van der Waals surface area (Å²) in [6.07, 6.45) is 5.61. The molecule has 1 aliphatic rings. The quantitative estimate of drug-likeness (QED) is 0.707. The molecule has 1 amide bonds. The van der Waals surface area contributed by atoms with Crippen LogP contribution in [0.1, 0.15) is 28.9 Å². The molecule has 0 bridgehead atoms. The molecule has 0 spiro atoms. The molecule has 1 aromatic carbocycles. The predicted octanol–water partition coefficient (Wildman–Crippen LogP) is 3.78. The van der Waals surface area contributed by atoms with Gasteiger partial charge < -0.3 is 15.5 Å². The van der Waals surface area contributed by atoms with Crippen molar-refractivity contribution >= 4 is 29.0 Å². The van der Waals surface area contributed by atoms with E-state index in [1.54, 1.807) is 24.5 Å². The summed E-state index contributed by atoms with van der Waals surface area (Å²) in [5, 5.41) is 6.12. The fourth-order valence-electron chi connectivity index (χ4n) is 3.19. The molecule has 1 saturated heterocycles. The number of carbonyl (C=O) groups excluding carboxylic acids is 1. The van der Waals surface area contributed by atoms with Gasteiger partial charge in [-0.25, -0.2) is 4.98 Å². The molecular weight excluding hydrogens is 352 g/mol. The topological polar surface area (TPSA) is 83.0 Å². The van der Waals surface area contributed by atoms with Gasteiger partial charge in [0.05, 0.1) is 0 Å². The average Bonchev–Trinajstić information content (AvgIpc) is 3.25. The lowest BCUT2D eigenvalue weighted by molar-refractivity contribution is 0.102. The summed E-state index contributed by atoms with van der Waals surface area (Å²) < 4.78 is 0. The first-order valence-electron chi connectivity index (χ1n) is 9.36. The Labute approximate surface area is 163 Å². The van der Waals surface area contributed by atoms with Crippen molar-refractivity contribution in [1.29, 1.82) is 0 Å². The zero-order chi connectivity index (χ0) is 19.3. The van der Waals surface area contributed by atoms with Crippen LogP contribution in [0.3, 0.4) is 0 Å². The summed E-state index contributed by atoms with van der Waals surface area (Å²) in [5.74, 6) is 1.38. The molecule has 1 aliphatic heterocycles. The van der Waals surface area contributed by atoms with Gasteiger partial charge in [0.2, 0.25) is 5.95 Å². The molecule has 7 heteroatoms. The van der Waals surface area contributed by atoms with Gasteiger partial charge in [0.15, 0.2) is 0 Å². The number of rotatable bonds is 5. The van der Waals surface area contributed by atoms with Gasteiger partial charge in [0.1, 0.15) is 5.82 Å². The van der Waals surface area contributed by atoms with E-state index in [4.69, 9.17) is 0 Å². The fourth-order valence-corrected chi connectivity index (χ4v) is 3.19. The maximum Gasteiger partial charge on any atom is 0.255 e. The molecule has 2 N–H and O–H groups in total. The van der Waals surface area contributed by atoms with Crippen LogP contribution in [0.25, 0.3) is 0 Å². The number of nitrogens with zero attached hydrogens (tertiary/aromatic N) is 4. The number of pyridine rings is 1. The lowest BCUT2D eigenvalue weighted by atomic mass is 10.2. The molecular formula is C21H22N6O. The van der Waals surface area contributed by atoms with Crippen molar-refractivity contribution < 1.29 is 4.79 Å². The molecule has 0 saturated carbocycles. The van der Waals surface area contributed by atoms with E-state index in [-0.39, 0.29) is 5.91 Å². The summed E-state index contributed by atoms with van der Waals surface area (Å²) in [5.41, 5.74) is 3.08. The van der Waals surface area contributed by atoms with Gasteiger partial charge in [-0.05, 0) is 56.2 Å². The predicted molar refractivity (Wildman–Crippen MR) is 110 cm³/mol. The van der Waals surface area contributed by atoms with Crippen LogP contribution in [0.15, 0.2) is 54.9 Å². The van der Waals surface area contributed by atoms with Gasteiger partial charge in [-0.3, -0.25) is 9.78 Å². The highest BCUT2D eigenvalue weighted by Crippen LogP contribution is 2.22. The van der Waals surface area contributed by atoms with Crippen molar-refractivity contribution in [3.05, 3.63) is 66.1 Å². The molecule has 2 aromatic heterocycles. The number of hydrogen-bond acceptors (Lipinski definition) is 6. The minimum atomic E-state index is -0.166. The minimum Gasteiger partial charge on any atom is -0.356 e. The van der Waals surface area contributed by atoms with E-state index in [0.29, 0.717) is 11.5 Å². The van der Waals surface area contributed by atoms with Gasteiger partial charge >= 0.3 is 0 Å². The van der Waals surface area contributed by atoms with Crippen molar-refractivity contribution in [2.24, 2.45) is 0 Å². The van der Waals surface area contributed by atoms with Crippen LogP contribution in [-0.4, -0.2) is 33.9 Å². The first-order chi connectivity index (χ1) is 13.7. The second-order valence-electron chi connectivity index (χ2n) is 6.78. The zero-order valence-corrected chi connectivity index (χ0v) is 15.7. The van der Waals surface area contributed by atoms with Crippen LogP contribution in [0, 0.1) is 6.92 Å². The lowest BCUT2D eigenvalue weighted by Gasteiger charge is -2.17. The number of benzene rings is 1. The third-order valence-corrected chi connectivity index (χ3v) is 4.61. The summed E-state index contributed by atoms with van der Waals surface area (Å²) in [6.45, 7) is 4.06. The molecule has 0 atom stereocenters. The van der Waals surface area contributed by atoms with E-state index in [1.165, 1.54) is 12.8 Å². The molecule has 3 aromatic rings. The Morgan fingerprint density at radius 1 is 0.964 bits per heavy atom.